The Morgan fingerprint density at radius 3 is 2.96 bits per heavy atom. The minimum Gasteiger partial charge on any atom is -0.481 e. The Hall–Kier alpha value is -2.44. The van der Waals surface area contributed by atoms with E-state index in [1.807, 2.05) is 17.5 Å². The molecule has 7 heteroatoms. The number of halogens is 1. The number of hydrogen-bond donors (Lipinski definition) is 1. The van der Waals surface area contributed by atoms with E-state index >= 15 is 0 Å². The van der Waals surface area contributed by atoms with Crippen LogP contribution >= 0.6 is 22.9 Å². The minimum absolute atomic E-state index is 0.276. The molecule has 0 spiro atoms. The van der Waals surface area contributed by atoms with Crippen molar-refractivity contribution >= 4 is 34.0 Å². The van der Waals surface area contributed by atoms with Gasteiger partial charge in [0, 0.05) is 28.4 Å². The molecule has 0 aliphatic rings. The summed E-state index contributed by atoms with van der Waals surface area (Å²) in [5, 5.41) is 5.70. The fourth-order valence-corrected chi connectivity index (χ4v) is 2.89. The molecule has 2 aromatic heterocycles. The maximum atomic E-state index is 12.2. The summed E-state index contributed by atoms with van der Waals surface area (Å²) in [6, 6.07) is 10.7. The monoisotopic (exact) mass is 359 g/mol. The van der Waals surface area contributed by atoms with Crippen LogP contribution in [-0.4, -0.2) is 22.0 Å². The highest BCUT2D eigenvalue weighted by molar-refractivity contribution is 7.14. The number of anilines is 1. The van der Waals surface area contributed by atoms with Gasteiger partial charge in [-0.15, -0.1) is 11.3 Å². The highest BCUT2D eigenvalue weighted by Gasteiger charge is 2.17. The molecule has 5 nitrogen and oxygen atoms in total. The van der Waals surface area contributed by atoms with Gasteiger partial charge in [0.25, 0.3) is 5.91 Å². The van der Waals surface area contributed by atoms with Crippen LogP contribution in [0.4, 0.5) is 5.13 Å². The number of nitrogens with one attached hydrogen (secondary N) is 1. The van der Waals surface area contributed by atoms with Crippen LogP contribution in [-0.2, 0) is 4.79 Å². The zero-order valence-electron chi connectivity index (χ0n) is 12.8. The summed E-state index contributed by atoms with van der Waals surface area (Å²) < 4.78 is 5.59. The van der Waals surface area contributed by atoms with E-state index in [2.05, 4.69) is 15.3 Å². The molecule has 0 saturated heterocycles. The maximum absolute atomic E-state index is 12.2. The number of benzene rings is 1. The largest absolute Gasteiger partial charge is 0.481 e. The number of aromatic nitrogens is 2. The Bertz CT molecular complexity index is 839. The van der Waals surface area contributed by atoms with Gasteiger partial charge in [-0.05, 0) is 37.3 Å². The lowest BCUT2D eigenvalue weighted by Crippen LogP contribution is -2.30. The standard InChI is InChI=1S/C17H14ClN3O2S/c1-11(23-14-6-2-5-13(18)8-14)16(22)21-17-20-15(10-24-17)12-4-3-7-19-9-12/h2-11H,1H3,(H,20,21,22). The molecule has 0 saturated carbocycles. The first-order valence-electron chi connectivity index (χ1n) is 7.21. The number of ether oxygens (including phenoxy) is 1. The van der Waals surface area contributed by atoms with Crippen molar-refractivity contribution in [3.63, 3.8) is 0 Å². The molecule has 2 heterocycles. The lowest BCUT2D eigenvalue weighted by molar-refractivity contribution is -0.122. The van der Waals surface area contributed by atoms with Crippen molar-refractivity contribution in [2.75, 3.05) is 5.32 Å². The number of thiazole rings is 1. The Balaban J connectivity index is 1.63. The topological polar surface area (TPSA) is 64.1 Å². The molecular formula is C17H14ClN3O2S. The molecule has 1 aromatic carbocycles. The van der Waals surface area contributed by atoms with E-state index < -0.39 is 6.10 Å². The van der Waals surface area contributed by atoms with Gasteiger partial charge in [0.2, 0.25) is 0 Å². The van der Waals surface area contributed by atoms with Gasteiger partial charge < -0.3 is 4.74 Å². The van der Waals surface area contributed by atoms with Crippen LogP contribution in [0, 0.1) is 0 Å². The summed E-state index contributed by atoms with van der Waals surface area (Å²) in [5.74, 6) is 0.266. The molecule has 0 aliphatic carbocycles. The van der Waals surface area contributed by atoms with Gasteiger partial charge in [-0.2, -0.15) is 0 Å². The highest BCUT2D eigenvalue weighted by Crippen LogP contribution is 2.24. The first-order valence-corrected chi connectivity index (χ1v) is 8.46. The predicted octanol–water partition coefficient (Wildman–Crippen LogP) is 4.26. The van der Waals surface area contributed by atoms with Crippen LogP contribution in [0.3, 0.4) is 0 Å². The molecule has 3 rings (SSSR count). The van der Waals surface area contributed by atoms with E-state index in [0.717, 1.165) is 11.3 Å². The van der Waals surface area contributed by atoms with Gasteiger partial charge in [-0.1, -0.05) is 17.7 Å². The third kappa shape index (κ3) is 4.10. The summed E-state index contributed by atoms with van der Waals surface area (Å²) in [6.45, 7) is 1.67. The molecule has 0 fully saturated rings. The second-order valence-electron chi connectivity index (χ2n) is 4.99. The van der Waals surface area contributed by atoms with E-state index in [1.165, 1.54) is 11.3 Å². The molecule has 0 radical (unpaired) electrons. The first kappa shape index (κ1) is 16.4. The SMILES string of the molecule is CC(Oc1cccc(Cl)c1)C(=O)Nc1nc(-c2cccnc2)cs1. The number of pyridine rings is 1. The third-order valence-electron chi connectivity index (χ3n) is 3.17. The second-order valence-corrected chi connectivity index (χ2v) is 6.28. The van der Waals surface area contributed by atoms with E-state index in [9.17, 15) is 4.79 Å². The summed E-state index contributed by atoms with van der Waals surface area (Å²) >= 11 is 7.26. The fraction of sp³-hybridized carbons (Fsp3) is 0.118. The van der Waals surface area contributed by atoms with Crippen LogP contribution in [0.1, 0.15) is 6.92 Å². The van der Waals surface area contributed by atoms with E-state index in [4.69, 9.17) is 16.3 Å². The lowest BCUT2D eigenvalue weighted by Gasteiger charge is -2.13. The summed E-state index contributed by atoms with van der Waals surface area (Å²) in [6.07, 6.45) is 2.76. The number of hydrogen-bond acceptors (Lipinski definition) is 5. The maximum Gasteiger partial charge on any atom is 0.266 e. The van der Waals surface area contributed by atoms with Crippen molar-refractivity contribution in [2.45, 2.75) is 13.0 Å². The van der Waals surface area contributed by atoms with Gasteiger partial charge in [0.15, 0.2) is 11.2 Å². The van der Waals surface area contributed by atoms with E-state index in [0.29, 0.717) is 15.9 Å². The molecule has 1 amide bonds. The number of carbonyl (C=O) groups excluding carboxylic acids is 1. The quantitative estimate of drug-likeness (QED) is 0.739. The second kappa shape index (κ2) is 7.42. The molecule has 1 atom stereocenters. The molecule has 122 valence electrons. The number of carbonyl (C=O) groups is 1. The van der Waals surface area contributed by atoms with Crippen molar-refractivity contribution in [3.05, 3.63) is 59.2 Å². The average molecular weight is 360 g/mol. The number of amides is 1. The molecular weight excluding hydrogens is 346 g/mol. The summed E-state index contributed by atoms with van der Waals surface area (Å²) in [5.41, 5.74) is 1.67. The summed E-state index contributed by atoms with van der Waals surface area (Å²) in [4.78, 5) is 20.7. The van der Waals surface area contributed by atoms with Gasteiger partial charge in [0.1, 0.15) is 5.75 Å². The van der Waals surface area contributed by atoms with Gasteiger partial charge in [0.05, 0.1) is 5.69 Å². The number of nitrogens with zero attached hydrogens (tertiary/aromatic N) is 2. The zero-order chi connectivity index (χ0) is 16.9. The van der Waals surface area contributed by atoms with Gasteiger partial charge in [-0.25, -0.2) is 4.98 Å². The van der Waals surface area contributed by atoms with E-state index in [1.54, 1.807) is 43.6 Å². The Morgan fingerprint density at radius 1 is 1.33 bits per heavy atom. The smallest absolute Gasteiger partial charge is 0.266 e. The van der Waals surface area contributed by atoms with Crippen LogP contribution in [0.5, 0.6) is 5.75 Å². The Kier molecular flexibility index (Phi) is 5.08. The molecule has 0 aliphatic heterocycles. The third-order valence-corrected chi connectivity index (χ3v) is 4.16. The van der Waals surface area contributed by atoms with Crippen molar-refractivity contribution in [1.29, 1.82) is 0 Å². The van der Waals surface area contributed by atoms with Crippen molar-refractivity contribution in [2.24, 2.45) is 0 Å². The zero-order valence-corrected chi connectivity index (χ0v) is 14.3. The fourth-order valence-electron chi connectivity index (χ4n) is 1.98. The Morgan fingerprint density at radius 2 is 2.21 bits per heavy atom. The van der Waals surface area contributed by atoms with Crippen LogP contribution in [0.15, 0.2) is 54.2 Å². The van der Waals surface area contributed by atoms with Crippen molar-refractivity contribution < 1.29 is 9.53 Å². The van der Waals surface area contributed by atoms with Crippen LogP contribution in [0.25, 0.3) is 11.3 Å². The van der Waals surface area contributed by atoms with Gasteiger partial charge >= 0.3 is 0 Å². The molecule has 24 heavy (non-hydrogen) atoms. The first-order chi connectivity index (χ1) is 11.6. The lowest BCUT2D eigenvalue weighted by atomic mass is 10.2. The molecule has 1 N–H and O–H groups in total. The Labute approximate surface area is 148 Å². The van der Waals surface area contributed by atoms with Crippen molar-refractivity contribution in [1.82, 2.24) is 9.97 Å². The van der Waals surface area contributed by atoms with Crippen molar-refractivity contribution in [3.8, 4) is 17.0 Å². The van der Waals surface area contributed by atoms with Crippen LogP contribution < -0.4 is 10.1 Å². The van der Waals surface area contributed by atoms with E-state index in [-0.39, 0.29) is 5.91 Å². The predicted molar refractivity (Wildman–Crippen MR) is 95.5 cm³/mol. The molecule has 1 unspecified atom stereocenters. The minimum atomic E-state index is -0.672. The number of rotatable bonds is 5. The highest BCUT2D eigenvalue weighted by atomic mass is 35.5. The molecule has 3 aromatic rings. The summed E-state index contributed by atoms with van der Waals surface area (Å²) in [7, 11) is 0. The van der Waals surface area contributed by atoms with Gasteiger partial charge in [-0.3, -0.25) is 15.1 Å². The average Bonchev–Trinajstić information content (AvgIpc) is 3.04. The molecule has 0 bridgehead atoms. The van der Waals surface area contributed by atoms with Crippen LogP contribution in [0.2, 0.25) is 5.02 Å². The normalized spacial score (nSPS) is 11.8.